The van der Waals surface area contributed by atoms with Gasteiger partial charge in [0.2, 0.25) is 0 Å². The lowest BCUT2D eigenvalue weighted by atomic mass is 9.94. The number of nitrogens with one attached hydrogen (secondary N) is 3. The predicted molar refractivity (Wildman–Crippen MR) is 130 cm³/mol. The Kier molecular flexibility index (Phi) is 6.67. The maximum absolute atomic E-state index is 12.0. The largest absolute Gasteiger partial charge is 0.496 e. The van der Waals surface area contributed by atoms with Crippen molar-refractivity contribution in [2.24, 2.45) is 0 Å². The van der Waals surface area contributed by atoms with Gasteiger partial charge in [-0.3, -0.25) is 4.79 Å². The third kappa shape index (κ3) is 4.44. The Hall–Kier alpha value is -3.36. The fourth-order valence-electron chi connectivity index (χ4n) is 3.75. The van der Waals surface area contributed by atoms with Gasteiger partial charge in [-0.15, -0.1) is 0 Å². The fraction of sp³-hybridized carbons (Fsp3) is 0.217. The van der Waals surface area contributed by atoms with E-state index in [1.165, 1.54) is 6.33 Å². The van der Waals surface area contributed by atoms with Crippen molar-refractivity contribution in [3.63, 3.8) is 0 Å². The van der Waals surface area contributed by atoms with Crippen molar-refractivity contribution in [3.8, 4) is 16.9 Å². The van der Waals surface area contributed by atoms with Gasteiger partial charge in [-0.1, -0.05) is 29.3 Å². The molecule has 0 atom stereocenters. The van der Waals surface area contributed by atoms with E-state index in [1.807, 2.05) is 19.1 Å². The zero-order valence-electron chi connectivity index (χ0n) is 18.3. The Morgan fingerprint density at radius 3 is 2.70 bits per heavy atom. The van der Waals surface area contributed by atoms with Crippen molar-refractivity contribution in [3.05, 3.63) is 63.7 Å². The number of aromatic nitrogens is 4. The lowest BCUT2D eigenvalue weighted by molar-refractivity contribution is 0.0963. The van der Waals surface area contributed by atoms with E-state index in [9.17, 15) is 4.79 Å². The van der Waals surface area contributed by atoms with Crippen LogP contribution >= 0.6 is 23.2 Å². The highest BCUT2D eigenvalue weighted by atomic mass is 35.5. The molecular formula is C23H22Cl2N6O2. The zero-order valence-corrected chi connectivity index (χ0v) is 19.8. The van der Waals surface area contributed by atoms with Crippen LogP contribution in [0.4, 0.5) is 5.82 Å². The number of methoxy groups -OCH3 is 1. The molecular weight excluding hydrogens is 463 g/mol. The van der Waals surface area contributed by atoms with Crippen LogP contribution in [-0.4, -0.2) is 46.5 Å². The number of hydrogen-bond acceptors (Lipinski definition) is 6. The van der Waals surface area contributed by atoms with Crippen LogP contribution in [0.1, 0.15) is 21.5 Å². The molecule has 4 aromatic rings. The minimum Gasteiger partial charge on any atom is -0.496 e. The standard InChI is InChI=1S/C23H22Cl2N6O2/c1-12-16(24)9-14(6-7-27-21-19-22(29-10-28-19)31-11-30-21)20(33-3)18(12)13-4-5-15(17(25)8-13)23(32)26-2/h4-5,8-11H,6-7H2,1-3H3,(H,26,32)(H2,27,28,29,30,31). The number of nitrogens with zero attached hydrogens (tertiary/aromatic N) is 3. The molecule has 0 aliphatic rings. The molecule has 8 nitrogen and oxygen atoms in total. The van der Waals surface area contributed by atoms with E-state index in [0.29, 0.717) is 45.8 Å². The van der Waals surface area contributed by atoms with Crippen LogP contribution in [0.5, 0.6) is 5.75 Å². The first kappa shape index (κ1) is 22.8. The first-order valence-electron chi connectivity index (χ1n) is 10.2. The fourth-order valence-corrected chi connectivity index (χ4v) is 4.24. The van der Waals surface area contributed by atoms with Crippen LogP contribution in [-0.2, 0) is 6.42 Å². The van der Waals surface area contributed by atoms with Crippen LogP contribution in [0.15, 0.2) is 36.9 Å². The summed E-state index contributed by atoms with van der Waals surface area (Å²) >= 11 is 13.0. The van der Waals surface area contributed by atoms with Gasteiger partial charge in [0.25, 0.3) is 5.91 Å². The van der Waals surface area contributed by atoms with E-state index in [0.717, 1.165) is 27.8 Å². The number of carbonyl (C=O) groups is 1. The van der Waals surface area contributed by atoms with Crippen molar-refractivity contribution in [2.45, 2.75) is 13.3 Å². The Labute approximate surface area is 200 Å². The second-order valence-electron chi connectivity index (χ2n) is 7.32. The van der Waals surface area contributed by atoms with Gasteiger partial charge in [0.15, 0.2) is 11.5 Å². The molecule has 0 radical (unpaired) electrons. The van der Waals surface area contributed by atoms with Gasteiger partial charge in [0.1, 0.15) is 17.6 Å². The van der Waals surface area contributed by atoms with Crippen molar-refractivity contribution in [1.82, 2.24) is 25.3 Å². The van der Waals surface area contributed by atoms with E-state index in [1.54, 1.807) is 32.6 Å². The second kappa shape index (κ2) is 9.64. The zero-order chi connectivity index (χ0) is 23.5. The summed E-state index contributed by atoms with van der Waals surface area (Å²) < 4.78 is 5.82. The van der Waals surface area contributed by atoms with Crippen molar-refractivity contribution in [2.75, 3.05) is 26.0 Å². The molecule has 0 spiro atoms. The quantitative estimate of drug-likeness (QED) is 0.352. The molecule has 2 aromatic heterocycles. The molecule has 0 bridgehead atoms. The molecule has 2 aromatic carbocycles. The molecule has 4 rings (SSSR count). The number of anilines is 1. The molecule has 0 fully saturated rings. The normalized spacial score (nSPS) is 10.9. The van der Waals surface area contributed by atoms with Gasteiger partial charge in [-0.2, -0.15) is 0 Å². The lowest BCUT2D eigenvalue weighted by Gasteiger charge is -2.19. The number of hydrogen-bond donors (Lipinski definition) is 3. The summed E-state index contributed by atoms with van der Waals surface area (Å²) in [6, 6.07) is 7.20. The van der Waals surface area contributed by atoms with E-state index in [2.05, 4.69) is 30.6 Å². The molecule has 170 valence electrons. The molecule has 33 heavy (non-hydrogen) atoms. The van der Waals surface area contributed by atoms with Crippen LogP contribution in [0.2, 0.25) is 10.0 Å². The highest BCUT2D eigenvalue weighted by molar-refractivity contribution is 6.34. The summed E-state index contributed by atoms with van der Waals surface area (Å²) in [5.41, 5.74) is 5.19. The molecule has 0 unspecified atom stereocenters. The number of fused-ring (bicyclic) bond motifs is 1. The topological polar surface area (TPSA) is 105 Å². The lowest BCUT2D eigenvalue weighted by Crippen LogP contribution is -2.18. The summed E-state index contributed by atoms with van der Waals surface area (Å²) in [5, 5.41) is 6.87. The van der Waals surface area contributed by atoms with Crippen LogP contribution in [0.25, 0.3) is 22.3 Å². The molecule has 3 N–H and O–H groups in total. The maximum Gasteiger partial charge on any atom is 0.252 e. The number of aromatic amines is 1. The summed E-state index contributed by atoms with van der Waals surface area (Å²) in [7, 11) is 3.19. The average molecular weight is 485 g/mol. The molecule has 0 saturated heterocycles. The number of carbonyl (C=O) groups excluding carboxylic acids is 1. The number of ether oxygens (including phenoxy) is 1. The van der Waals surface area contributed by atoms with Gasteiger partial charge in [0.05, 0.1) is 24.0 Å². The third-order valence-corrected chi connectivity index (χ3v) is 6.10. The predicted octanol–water partition coefficient (Wildman–Crippen LogP) is 4.66. The van der Waals surface area contributed by atoms with E-state index < -0.39 is 0 Å². The summed E-state index contributed by atoms with van der Waals surface area (Å²) in [6.45, 7) is 2.51. The van der Waals surface area contributed by atoms with Gasteiger partial charge in [0, 0.05) is 24.2 Å². The van der Waals surface area contributed by atoms with Gasteiger partial charge in [-0.25, -0.2) is 15.0 Å². The van der Waals surface area contributed by atoms with Gasteiger partial charge >= 0.3 is 0 Å². The monoisotopic (exact) mass is 484 g/mol. The smallest absolute Gasteiger partial charge is 0.252 e. The summed E-state index contributed by atoms with van der Waals surface area (Å²) in [4.78, 5) is 27.6. The van der Waals surface area contributed by atoms with Gasteiger partial charge in [-0.05, 0) is 48.2 Å². The molecule has 0 aliphatic carbocycles. The van der Waals surface area contributed by atoms with Crippen LogP contribution < -0.4 is 15.4 Å². The van der Waals surface area contributed by atoms with E-state index >= 15 is 0 Å². The van der Waals surface area contributed by atoms with Crippen LogP contribution in [0, 0.1) is 6.92 Å². The number of amides is 1. The van der Waals surface area contributed by atoms with Crippen molar-refractivity contribution in [1.29, 1.82) is 0 Å². The minimum absolute atomic E-state index is 0.246. The number of halogens is 2. The number of rotatable bonds is 7. The summed E-state index contributed by atoms with van der Waals surface area (Å²) in [5.74, 6) is 1.13. The number of H-pyrrole nitrogens is 1. The molecule has 2 heterocycles. The highest BCUT2D eigenvalue weighted by Crippen LogP contribution is 2.41. The van der Waals surface area contributed by atoms with Crippen molar-refractivity contribution < 1.29 is 9.53 Å². The number of imidazole rings is 1. The first-order chi connectivity index (χ1) is 15.9. The maximum atomic E-state index is 12.0. The highest BCUT2D eigenvalue weighted by Gasteiger charge is 2.19. The summed E-state index contributed by atoms with van der Waals surface area (Å²) in [6.07, 6.45) is 3.68. The van der Waals surface area contributed by atoms with Gasteiger partial charge < -0.3 is 20.4 Å². The van der Waals surface area contributed by atoms with Crippen LogP contribution in [0.3, 0.4) is 0 Å². The molecule has 1 amide bonds. The molecule has 10 heteroatoms. The second-order valence-corrected chi connectivity index (χ2v) is 8.14. The average Bonchev–Trinajstić information content (AvgIpc) is 3.30. The Bertz CT molecular complexity index is 1340. The Morgan fingerprint density at radius 2 is 1.97 bits per heavy atom. The Balaban J connectivity index is 1.66. The molecule has 0 aliphatic heterocycles. The number of benzene rings is 2. The SMILES string of the molecule is CNC(=O)c1ccc(-c2c(C)c(Cl)cc(CCNc3ncnc4nc[nH]c34)c2OC)cc1Cl. The van der Waals surface area contributed by atoms with E-state index in [4.69, 9.17) is 27.9 Å². The minimum atomic E-state index is -0.246. The molecule has 0 saturated carbocycles. The first-order valence-corrected chi connectivity index (χ1v) is 11.0. The Morgan fingerprint density at radius 1 is 1.15 bits per heavy atom. The van der Waals surface area contributed by atoms with Crippen molar-refractivity contribution >= 4 is 46.1 Å². The van der Waals surface area contributed by atoms with E-state index in [-0.39, 0.29) is 5.91 Å². The third-order valence-electron chi connectivity index (χ3n) is 5.40.